The summed E-state index contributed by atoms with van der Waals surface area (Å²) in [4.78, 5) is 7.45. The fraction of sp³-hybridized carbons (Fsp3) is 0.462. The van der Waals surface area contributed by atoms with Crippen LogP contribution < -0.4 is 0 Å². The molecule has 3 aromatic rings. The largest absolute Gasteiger partial charge is 0.369 e. The van der Waals surface area contributed by atoms with Gasteiger partial charge in [0.1, 0.15) is 6.10 Å². The molecule has 1 unspecified atom stereocenters. The Balaban J connectivity index is 1.47. The van der Waals surface area contributed by atoms with E-state index >= 15 is 0 Å². The standard InChI is InChI=1S/C26H34N4O/c1-18(2)30-21(5)24(20(4)28-30)16-29-13-14-31-26(17-29)25-12-8-11-23(27-25)15-22-10-7-6-9-19(22)3/h6-12,18,26H,13-17H2,1-5H3. The molecule has 0 aliphatic carbocycles. The summed E-state index contributed by atoms with van der Waals surface area (Å²) in [5, 5.41) is 4.76. The molecule has 5 heteroatoms. The van der Waals surface area contributed by atoms with Crippen LogP contribution in [0.2, 0.25) is 0 Å². The fourth-order valence-electron chi connectivity index (χ4n) is 4.46. The van der Waals surface area contributed by atoms with Crippen LogP contribution >= 0.6 is 0 Å². The van der Waals surface area contributed by atoms with Crippen LogP contribution in [0, 0.1) is 20.8 Å². The number of nitrogens with zero attached hydrogens (tertiary/aromatic N) is 4. The maximum Gasteiger partial charge on any atom is 0.112 e. The highest BCUT2D eigenvalue weighted by Crippen LogP contribution is 2.25. The molecule has 164 valence electrons. The Morgan fingerprint density at radius 3 is 2.61 bits per heavy atom. The second-order valence-electron chi connectivity index (χ2n) is 8.94. The molecule has 1 aromatic carbocycles. The second kappa shape index (κ2) is 9.33. The third-order valence-electron chi connectivity index (χ3n) is 6.29. The summed E-state index contributed by atoms with van der Waals surface area (Å²) in [6.45, 7) is 14.3. The lowest BCUT2D eigenvalue weighted by molar-refractivity contribution is -0.0351. The van der Waals surface area contributed by atoms with Crippen molar-refractivity contribution in [3.8, 4) is 0 Å². The first-order chi connectivity index (χ1) is 14.9. The van der Waals surface area contributed by atoms with E-state index < -0.39 is 0 Å². The molecule has 0 N–H and O–H groups in total. The van der Waals surface area contributed by atoms with E-state index in [0.717, 1.165) is 49.7 Å². The molecule has 0 amide bonds. The highest BCUT2D eigenvalue weighted by molar-refractivity contribution is 5.30. The van der Waals surface area contributed by atoms with Crippen LogP contribution in [0.3, 0.4) is 0 Å². The van der Waals surface area contributed by atoms with Crippen molar-refractivity contribution in [2.75, 3.05) is 19.7 Å². The fourth-order valence-corrected chi connectivity index (χ4v) is 4.46. The lowest BCUT2D eigenvalue weighted by atomic mass is 10.0. The molecule has 1 atom stereocenters. The Hall–Kier alpha value is -2.50. The van der Waals surface area contributed by atoms with E-state index in [2.05, 4.69) is 86.7 Å². The summed E-state index contributed by atoms with van der Waals surface area (Å²) in [5.41, 5.74) is 8.51. The molecule has 31 heavy (non-hydrogen) atoms. The molecule has 5 nitrogen and oxygen atoms in total. The predicted molar refractivity (Wildman–Crippen MR) is 124 cm³/mol. The zero-order chi connectivity index (χ0) is 22.0. The van der Waals surface area contributed by atoms with Gasteiger partial charge in [-0.15, -0.1) is 0 Å². The van der Waals surface area contributed by atoms with Crippen LogP contribution in [-0.2, 0) is 17.7 Å². The molecule has 2 aromatic heterocycles. The number of pyridine rings is 1. The first-order valence-electron chi connectivity index (χ1n) is 11.3. The highest BCUT2D eigenvalue weighted by Gasteiger charge is 2.25. The normalized spacial score (nSPS) is 17.4. The Bertz CT molecular complexity index is 1040. The van der Waals surface area contributed by atoms with Gasteiger partial charge >= 0.3 is 0 Å². The molecule has 1 saturated heterocycles. The minimum Gasteiger partial charge on any atom is -0.369 e. The number of hydrogen-bond acceptors (Lipinski definition) is 4. The van der Waals surface area contributed by atoms with Crippen LogP contribution in [0.5, 0.6) is 0 Å². The maximum atomic E-state index is 6.14. The van der Waals surface area contributed by atoms with Gasteiger partial charge in [0.05, 0.1) is 18.0 Å². The van der Waals surface area contributed by atoms with Crippen molar-refractivity contribution in [2.45, 2.75) is 59.7 Å². The van der Waals surface area contributed by atoms with Crippen LogP contribution in [0.4, 0.5) is 0 Å². The van der Waals surface area contributed by atoms with Crippen molar-refractivity contribution < 1.29 is 4.74 Å². The Morgan fingerprint density at radius 2 is 1.87 bits per heavy atom. The van der Waals surface area contributed by atoms with Gasteiger partial charge in [0.25, 0.3) is 0 Å². The SMILES string of the molecule is Cc1ccccc1Cc1cccc(C2CN(Cc3c(C)nn(C(C)C)c3C)CCO2)n1. The number of ether oxygens (including phenoxy) is 1. The van der Waals surface area contributed by atoms with E-state index in [9.17, 15) is 0 Å². The number of hydrogen-bond donors (Lipinski definition) is 0. The summed E-state index contributed by atoms with van der Waals surface area (Å²) in [5.74, 6) is 0. The zero-order valence-corrected chi connectivity index (χ0v) is 19.4. The van der Waals surface area contributed by atoms with E-state index in [1.807, 2.05) is 0 Å². The third-order valence-corrected chi connectivity index (χ3v) is 6.29. The zero-order valence-electron chi connectivity index (χ0n) is 19.4. The van der Waals surface area contributed by atoms with E-state index in [1.54, 1.807) is 0 Å². The summed E-state index contributed by atoms with van der Waals surface area (Å²) in [6.07, 6.45) is 0.857. The molecule has 0 bridgehead atoms. The minimum absolute atomic E-state index is 0.00586. The molecule has 1 aliphatic rings. The summed E-state index contributed by atoms with van der Waals surface area (Å²) >= 11 is 0. The quantitative estimate of drug-likeness (QED) is 0.568. The van der Waals surface area contributed by atoms with E-state index in [-0.39, 0.29) is 6.10 Å². The van der Waals surface area contributed by atoms with Crippen molar-refractivity contribution in [1.82, 2.24) is 19.7 Å². The lowest BCUT2D eigenvalue weighted by Crippen LogP contribution is -2.38. The van der Waals surface area contributed by atoms with Crippen molar-refractivity contribution in [3.63, 3.8) is 0 Å². The predicted octanol–water partition coefficient (Wildman–Crippen LogP) is 4.95. The first-order valence-corrected chi connectivity index (χ1v) is 11.3. The second-order valence-corrected chi connectivity index (χ2v) is 8.94. The molecule has 3 heterocycles. The van der Waals surface area contributed by atoms with Gasteiger partial charge < -0.3 is 4.74 Å². The number of rotatable bonds is 6. The Morgan fingerprint density at radius 1 is 1.06 bits per heavy atom. The molecule has 0 spiro atoms. The van der Waals surface area contributed by atoms with Gasteiger partial charge in [-0.3, -0.25) is 14.6 Å². The van der Waals surface area contributed by atoms with Gasteiger partial charge in [0.2, 0.25) is 0 Å². The van der Waals surface area contributed by atoms with Crippen molar-refractivity contribution in [2.24, 2.45) is 0 Å². The number of morpholine rings is 1. The molecule has 1 fully saturated rings. The van der Waals surface area contributed by atoms with Crippen LogP contribution in [-0.4, -0.2) is 39.4 Å². The van der Waals surface area contributed by atoms with E-state index in [0.29, 0.717) is 6.04 Å². The van der Waals surface area contributed by atoms with Gasteiger partial charge in [0, 0.05) is 49.0 Å². The highest BCUT2D eigenvalue weighted by atomic mass is 16.5. The lowest BCUT2D eigenvalue weighted by Gasteiger charge is -2.33. The number of benzene rings is 1. The average molecular weight is 419 g/mol. The Kier molecular flexibility index (Phi) is 6.54. The average Bonchev–Trinajstić information content (AvgIpc) is 3.04. The monoisotopic (exact) mass is 418 g/mol. The smallest absolute Gasteiger partial charge is 0.112 e. The molecular weight excluding hydrogens is 384 g/mol. The molecule has 1 aliphatic heterocycles. The van der Waals surface area contributed by atoms with Gasteiger partial charge in [-0.25, -0.2) is 0 Å². The van der Waals surface area contributed by atoms with E-state index in [4.69, 9.17) is 14.8 Å². The van der Waals surface area contributed by atoms with Crippen LogP contribution in [0.25, 0.3) is 0 Å². The van der Waals surface area contributed by atoms with Gasteiger partial charge in [-0.05, 0) is 57.9 Å². The molecular formula is C26H34N4O. The third kappa shape index (κ3) is 4.89. The number of aryl methyl sites for hydroxylation is 2. The summed E-state index contributed by atoms with van der Waals surface area (Å²) in [7, 11) is 0. The van der Waals surface area contributed by atoms with Crippen molar-refractivity contribution >= 4 is 0 Å². The van der Waals surface area contributed by atoms with Gasteiger partial charge in [-0.1, -0.05) is 30.3 Å². The molecule has 4 rings (SSSR count). The van der Waals surface area contributed by atoms with Crippen molar-refractivity contribution in [3.05, 3.63) is 81.9 Å². The first kappa shape index (κ1) is 21.7. The van der Waals surface area contributed by atoms with E-state index in [1.165, 1.54) is 22.4 Å². The van der Waals surface area contributed by atoms with Gasteiger partial charge in [0.15, 0.2) is 0 Å². The summed E-state index contributed by atoms with van der Waals surface area (Å²) < 4.78 is 8.28. The maximum absolute atomic E-state index is 6.14. The number of aromatic nitrogens is 3. The molecule has 0 radical (unpaired) electrons. The van der Waals surface area contributed by atoms with Gasteiger partial charge in [-0.2, -0.15) is 5.10 Å². The van der Waals surface area contributed by atoms with Crippen LogP contribution in [0.1, 0.15) is 65.5 Å². The Labute approximate surface area is 186 Å². The topological polar surface area (TPSA) is 43.2 Å². The molecule has 0 saturated carbocycles. The van der Waals surface area contributed by atoms with Crippen molar-refractivity contribution in [1.29, 1.82) is 0 Å². The minimum atomic E-state index is 0.00586. The van der Waals surface area contributed by atoms with Crippen LogP contribution in [0.15, 0.2) is 42.5 Å². The summed E-state index contributed by atoms with van der Waals surface area (Å²) in [6, 6.07) is 15.2.